The molecule has 0 bridgehead atoms. The second-order valence-electron chi connectivity index (χ2n) is 6.81. The number of benzene rings is 2. The topological polar surface area (TPSA) is 78.6 Å². The Morgan fingerprint density at radius 1 is 1.11 bits per heavy atom. The molecule has 142 valence electrons. The van der Waals surface area contributed by atoms with E-state index in [-0.39, 0.29) is 22.3 Å². The third-order valence-electron chi connectivity index (χ3n) is 4.55. The Hall–Kier alpha value is -3.12. The average molecular weight is 393 g/mol. The van der Waals surface area contributed by atoms with E-state index in [1.807, 2.05) is 54.6 Å². The van der Waals surface area contributed by atoms with Gasteiger partial charge in [0.2, 0.25) is 10.6 Å². The van der Waals surface area contributed by atoms with Crippen LogP contribution >= 0.6 is 11.3 Å². The van der Waals surface area contributed by atoms with Gasteiger partial charge in [0.15, 0.2) is 0 Å². The minimum atomic E-state index is -0.649. The summed E-state index contributed by atoms with van der Waals surface area (Å²) in [6, 6.07) is 16.8. The molecule has 2 heterocycles. The molecule has 6 heteroatoms. The first kappa shape index (κ1) is 18.3. The van der Waals surface area contributed by atoms with Gasteiger partial charge in [-0.2, -0.15) is 0 Å². The van der Waals surface area contributed by atoms with Crippen LogP contribution in [0.1, 0.15) is 30.9 Å². The number of fused-ring (bicyclic) bond motifs is 3. The van der Waals surface area contributed by atoms with Crippen molar-refractivity contribution in [2.24, 2.45) is 5.73 Å². The summed E-state index contributed by atoms with van der Waals surface area (Å²) in [4.78, 5) is 25.9. The van der Waals surface area contributed by atoms with Gasteiger partial charge in [0.1, 0.15) is 11.3 Å². The van der Waals surface area contributed by atoms with Crippen molar-refractivity contribution in [1.29, 1.82) is 0 Å². The molecule has 0 aliphatic carbocycles. The fourth-order valence-electron chi connectivity index (χ4n) is 3.42. The van der Waals surface area contributed by atoms with Crippen molar-refractivity contribution in [1.82, 2.24) is 0 Å². The maximum atomic E-state index is 13.1. The molecule has 0 amide bonds. The van der Waals surface area contributed by atoms with Gasteiger partial charge in [-0.25, -0.2) is 4.79 Å². The number of nitrogens with two attached hydrogens (primary N) is 1. The highest BCUT2D eigenvalue weighted by molar-refractivity contribution is 7.16. The molecule has 2 aromatic carbocycles. The van der Waals surface area contributed by atoms with Crippen LogP contribution in [0.2, 0.25) is 0 Å². The van der Waals surface area contributed by atoms with Gasteiger partial charge in [0.25, 0.3) is 0 Å². The van der Waals surface area contributed by atoms with E-state index in [0.717, 1.165) is 27.0 Å². The summed E-state index contributed by atoms with van der Waals surface area (Å²) in [5.41, 5.74) is 7.56. The Morgan fingerprint density at radius 2 is 1.79 bits per heavy atom. The first-order chi connectivity index (χ1) is 13.5. The highest BCUT2D eigenvalue weighted by atomic mass is 32.1. The van der Waals surface area contributed by atoms with Crippen LogP contribution in [0.25, 0.3) is 10.1 Å². The smallest absolute Gasteiger partial charge is 0.340 e. The van der Waals surface area contributed by atoms with E-state index in [0.29, 0.717) is 11.3 Å². The van der Waals surface area contributed by atoms with Gasteiger partial charge in [-0.1, -0.05) is 53.8 Å². The molecule has 1 aromatic heterocycles. The molecular weight excluding hydrogens is 374 g/mol. The highest BCUT2D eigenvalue weighted by Gasteiger charge is 2.38. The molecular formula is C22H19NO4S. The minimum Gasteiger partial charge on any atom is -0.459 e. The summed E-state index contributed by atoms with van der Waals surface area (Å²) < 4.78 is 11.9. The number of hydrogen-bond acceptors (Lipinski definition) is 6. The van der Waals surface area contributed by atoms with Gasteiger partial charge in [-0.05, 0) is 31.5 Å². The van der Waals surface area contributed by atoms with E-state index in [1.165, 1.54) is 0 Å². The van der Waals surface area contributed by atoms with Gasteiger partial charge in [-0.3, -0.25) is 4.79 Å². The quantitative estimate of drug-likeness (QED) is 0.683. The molecule has 2 N–H and O–H groups in total. The first-order valence-electron chi connectivity index (χ1n) is 8.96. The Labute approximate surface area is 166 Å². The van der Waals surface area contributed by atoms with Crippen LogP contribution in [-0.4, -0.2) is 12.1 Å². The van der Waals surface area contributed by atoms with Gasteiger partial charge >= 0.3 is 5.97 Å². The Morgan fingerprint density at radius 3 is 2.50 bits per heavy atom. The zero-order valence-electron chi connectivity index (χ0n) is 15.5. The van der Waals surface area contributed by atoms with Gasteiger partial charge in [0.05, 0.1) is 17.6 Å². The molecule has 0 radical (unpaired) electrons. The molecule has 1 aliphatic heterocycles. The number of carbonyl (C=O) groups is 1. The third kappa shape index (κ3) is 3.05. The van der Waals surface area contributed by atoms with Crippen LogP contribution in [0.4, 0.5) is 0 Å². The van der Waals surface area contributed by atoms with E-state index in [1.54, 1.807) is 13.8 Å². The van der Waals surface area contributed by atoms with Crippen molar-refractivity contribution in [3.63, 3.8) is 0 Å². The van der Waals surface area contributed by atoms with Crippen LogP contribution in [0.5, 0.6) is 5.75 Å². The fraction of sp³-hybridized carbons (Fsp3) is 0.182. The zero-order valence-corrected chi connectivity index (χ0v) is 16.3. The molecule has 1 aliphatic rings. The normalized spacial score (nSPS) is 16.0. The van der Waals surface area contributed by atoms with Crippen molar-refractivity contribution in [3.8, 4) is 5.75 Å². The van der Waals surface area contributed by atoms with Crippen molar-refractivity contribution >= 4 is 27.4 Å². The van der Waals surface area contributed by atoms with E-state index in [9.17, 15) is 9.59 Å². The van der Waals surface area contributed by atoms with Gasteiger partial charge < -0.3 is 15.2 Å². The second kappa shape index (κ2) is 7.13. The van der Waals surface area contributed by atoms with E-state index < -0.39 is 11.9 Å². The van der Waals surface area contributed by atoms with Gasteiger partial charge in [0, 0.05) is 10.1 Å². The molecule has 0 saturated heterocycles. The monoisotopic (exact) mass is 393 g/mol. The van der Waals surface area contributed by atoms with E-state index in [4.69, 9.17) is 15.2 Å². The predicted molar refractivity (Wildman–Crippen MR) is 109 cm³/mol. The Kier molecular flexibility index (Phi) is 4.65. The van der Waals surface area contributed by atoms with Crippen LogP contribution in [-0.2, 0) is 9.53 Å². The number of esters is 1. The summed E-state index contributed by atoms with van der Waals surface area (Å²) in [6.45, 7) is 3.52. The maximum Gasteiger partial charge on any atom is 0.340 e. The average Bonchev–Trinajstić information content (AvgIpc) is 2.67. The van der Waals surface area contributed by atoms with Crippen molar-refractivity contribution in [3.05, 3.63) is 86.7 Å². The third-order valence-corrected chi connectivity index (χ3v) is 5.53. The van der Waals surface area contributed by atoms with Crippen molar-refractivity contribution in [2.45, 2.75) is 25.9 Å². The molecule has 1 atom stereocenters. The second-order valence-corrected chi connectivity index (χ2v) is 7.82. The molecule has 4 rings (SSSR count). The Bertz CT molecular complexity index is 1150. The number of ether oxygens (including phenoxy) is 2. The van der Waals surface area contributed by atoms with E-state index >= 15 is 0 Å². The van der Waals surface area contributed by atoms with Crippen LogP contribution in [0, 0.1) is 0 Å². The van der Waals surface area contributed by atoms with Crippen LogP contribution in [0.15, 0.2) is 70.8 Å². The minimum absolute atomic E-state index is 0.0345. The summed E-state index contributed by atoms with van der Waals surface area (Å²) in [7, 11) is 0. The number of hydrogen-bond donors (Lipinski definition) is 1. The van der Waals surface area contributed by atoms with Gasteiger partial charge in [-0.15, -0.1) is 0 Å². The molecule has 0 unspecified atom stereocenters. The molecule has 5 nitrogen and oxygen atoms in total. The fourth-order valence-corrected chi connectivity index (χ4v) is 4.36. The molecule has 3 aromatic rings. The lowest BCUT2D eigenvalue weighted by atomic mass is 9.83. The van der Waals surface area contributed by atoms with Crippen LogP contribution in [0.3, 0.4) is 0 Å². The first-order valence-corrected chi connectivity index (χ1v) is 9.78. The predicted octanol–water partition coefficient (Wildman–Crippen LogP) is 3.91. The SMILES string of the molecule is CC(C)OC(=O)C1=C(N)Oc2c(c(=O)sc3ccccc23)[C@@H]1c1ccccc1. The largest absolute Gasteiger partial charge is 0.459 e. The molecule has 0 saturated carbocycles. The zero-order chi connectivity index (χ0) is 19.8. The maximum absolute atomic E-state index is 13.1. The lowest BCUT2D eigenvalue weighted by Gasteiger charge is -2.28. The van der Waals surface area contributed by atoms with E-state index in [2.05, 4.69) is 0 Å². The van der Waals surface area contributed by atoms with Crippen molar-refractivity contribution < 1.29 is 14.3 Å². The molecule has 28 heavy (non-hydrogen) atoms. The lowest BCUT2D eigenvalue weighted by Crippen LogP contribution is -2.31. The lowest BCUT2D eigenvalue weighted by molar-refractivity contribution is -0.143. The molecule has 0 spiro atoms. The summed E-state index contributed by atoms with van der Waals surface area (Å²) in [5, 5.41) is 0.794. The van der Waals surface area contributed by atoms with Crippen molar-refractivity contribution in [2.75, 3.05) is 0 Å². The summed E-state index contributed by atoms with van der Waals surface area (Å²) >= 11 is 1.13. The Balaban J connectivity index is 2.01. The highest BCUT2D eigenvalue weighted by Crippen LogP contribution is 2.44. The summed E-state index contributed by atoms with van der Waals surface area (Å²) in [6.07, 6.45) is -0.322. The number of rotatable bonds is 3. The van der Waals surface area contributed by atoms with Crippen LogP contribution < -0.4 is 15.2 Å². The number of carbonyl (C=O) groups excluding carboxylic acids is 1. The standard InChI is InChI=1S/C22H19NO4S/c1-12(2)26-21(24)18-16(13-8-4-3-5-9-13)17-19(27-20(18)23)14-10-6-7-11-15(14)28-22(17)25/h3-12,16H,23H2,1-2H3/t16-/m0/s1. The molecule has 0 fully saturated rings. The summed E-state index contributed by atoms with van der Waals surface area (Å²) in [5.74, 6) is -0.853.